The van der Waals surface area contributed by atoms with Gasteiger partial charge in [0.2, 0.25) is 0 Å². The van der Waals surface area contributed by atoms with E-state index < -0.39 is 0 Å². The first-order valence-electron chi connectivity index (χ1n) is 4.56. The van der Waals surface area contributed by atoms with Crippen molar-refractivity contribution in [2.24, 2.45) is 5.92 Å². The summed E-state index contributed by atoms with van der Waals surface area (Å²) in [5, 5.41) is 0. The second-order valence-electron chi connectivity index (χ2n) is 3.66. The van der Waals surface area contributed by atoms with Gasteiger partial charge in [0.15, 0.2) is 0 Å². The summed E-state index contributed by atoms with van der Waals surface area (Å²) in [4.78, 5) is 0. The van der Waals surface area contributed by atoms with Crippen molar-refractivity contribution in [2.75, 3.05) is 0 Å². The fraction of sp³-hybridized carbons (Fsp3) is 0.417. The molecule has 1 radical (unpaired) electrons. The number of hydrogen-bond acceptors (Lipinski definition) is 0. The molecule has 0 aliphatic heterocycles. The van der Waals surface area contributed by atoms with Crippen LogP contribution in [0.15, 0.2) is 30.3 Å². The zero-order chi connectivity index (χ0) is 8.97. The summed E-state index contributed by atoms with van der Waals surface area (Å²) in [5.41, 5.74) is 1.42. The Balaban J connectivity index is 2.53. The van der Waals surface area contributed by atoms with Crippen molar-refractivity contribution < 1.29 is 0 Å². The van der Waals surface area contributed by atoms with Crippen molar-refractivity contribution in [3.05, 3.63) is 41.8 Å². The summed E-state index contributed by atoms with van der Waals surface area (Å²) in [5.74, 6) is 2.26. The molecule has 0 heteroatoms. The van der Waals surface area contributed by atoms with Crippen LogP contribution in [0.2, 0.25) is 0 Å². The van der Waals surface area contributed by atoms with Gasteiger partial charge in [-0.2, -0.15) is 0 Å². The van der Waals surface area contributed by atoms with E-state index in [-0.39, 0.29) is 0 Å². The molecule has 0 unspecified atom stereocenters. The lowest BCUT2D eigenvalue weighted by molar-refractivity contribution is 0.635. The number of benzene rings is 1. The maximum absolute atomic E-state index is 2.25. The predicted octanol–water partition coefficient (Wildman–Crippen LogP) is 3.48. The van der Waals surface area contributed by atoms with E-state index in [4.69, 9.17) is 0 Å². The highest BCUT2D eigenvalue weighted by Gasteiger charge is 2.07. The standard InChI is InChI=1S/C12H17/c1-10(2)11(3)9-12-7-5-4-6-8-12/h4-8,10H,9H2,1-3H3. The monoisotopic (exact) mass is 161 g/mol. The van der Waals surface area contributed by atoms with Gasteiger partial charge in [-0.3, -0.25) is 0 Å². The molecule has 0 aliphatic rings. The summed E-state index contributed by atoms with van der Waals surface area (Å²) < 4.78 is 0. The van der Waals surface area contributed by atoms with Crippen LogP contribution < -0.4 is 0 Å². The van der Waals surface area contributed by atoms with E-state index in [9.17, 15) is 0 Å². The summed E-state index contributed by atoms with van der Waals surface area (Å²) in [6.07, 6.45) is 1.12. The Kier molecular flexibility index (Phi) is 3.33. The van der Waals surface area contributed by atoms with E-state index in [0.717, 1.165) is 6.42 Å². The normalized spacial score (nSPS) is 11.1. The first kappa shape index (κ1) is 9.31. The lowest BCUT2D eigenvalue weighted by Gasteiger charge is -2.14. The number of hydrogen-bond donors (Lipinski definition) is 0. The molecule has 65 valence electrons. The molecule has 1 aromatic rings. The third-order valence-corrected chi connectivity index (χ3v) is 2.31. The summed E-state index contributed by atoms with van der Waals surface area (Å²) >= 11 is 0. The van der Waals surface area contributed by atoms with E-state index in [2.05, 4.69) is 51.1 Å². The molecule has 1 aromatic carbocycles. The van der Waals surface area contributed by atoms with E-state index in [1.807, 2.05) is 0 Å². The molecule has 0 fully saturated rings. The molecule has 0 saturated heterocycles. The van der Waals surface area contributed by atoms with Crippen molar-refractivity contribution in [3.8, 4) is 0 Å². The topological polar surface area (TPSA) is 0 Å². The average Bonchev–Trinajstić information content (AvgIpc) is 2.06. The van der Waals surface area contributed by atoms with Gasteiger partial charge in [0.05, 0.1) is 0 Å². The molecule has 0 aliphatic carbocycles. The van der Waals surface area contributed by atoms with Crippen molar-refractivity contribution >= 4 is 0 Å². The molecule has 1 rings (SSSR count). The maximum atomic E-state index is 2.25. The van der Waals surface area contributed by atoms with Crippen LogP contribution in [0.25, 0.3) is 0 Å². The zero-order valence-electron chi connectivity index (χ0n) is 8.17. The quantitative estimate of drug-likeness (QED) is 0.636. The Morgan fingerprint density at radius 1 is 1.17 bits per heavy atom. The highest BCUT2D eigenvalue weighted by molar-refractivity contribution is 5.18. The minimum atomic E-state index is 0.699. The molecular weight excluding hydrogens is 144 g/mol. The summed E-state index contributed by atoms with van der Waals surface area (Å²) in [6.45, 7) is 6.73. The lowest BCUT2D eigenvalue weighted by atomic mass is 9.91. The van der Waals surface area contributed by atoms with Gasteiger partial charge in [-0.05, 0) is 23.8 Å². The molecule has 0 spiro atoms. The minimum Gasteiger partial charge on any atom is -0.0622 e. The smallest absolute Gasteiger partial charge is 0.0203 e. The molecular formula is C12H17. The molecule has 0 heterocycles. The summed E-state index contributed by atoms with van der Waals surface area (Å²) in [7, 11) is 0. The lowest BCUT2D eigenvalue weighted by Crippen LogP contribution is -2.04. The van der Waals surface area contributed by atoms with Gasteiger partial charge < -0.3 is 0 Å². The molecule has 0 bridgehead atoms. The van der Waals surface area contributed by atoms with E-state index in [1.54, 1.807) is 5.92 Å². The van der Waals surface area contributed by atoms with Gasteiger partial charge in [-0.25, -0.2) is 0 Å². The molecule has 0 aromatic heterocycles. The van der Waals surface area contributed by atoms with Crippen molar-refractivity contribution in [2.45, 2.75) is 27.2 Å². The van der Waals surface area contributed by atoms with Gasteiger partial charge in [0, 0.05) is 0 Å². The van der Waals surface area contributed by atoms with Crippen LogP contribution in [0.5, 0.6) is 0 Å². The van der Waals surface area contributed by atoms with Gasteiger partial charge in [0.1, 0.15) is 0 Å². The fourth-order valence-electron chi connectivity index (χ4n) is 1.12. The SMILES string of the molecule is C[C](Cc1ccccc1)C(C)C. The second-order valence-corrected chi connectivity index (χ2v) is 3.66. The van der Waals surface area contributed by atoms with Gasteiger partial charge in [-0.15, -0.1) is 0 Å². The van der Waals surface area contributed by atoms with Gasteiger partial charge in [0.25, 0.3) is 0 Å². The third kappa shape index (κ3) is 2.69. The molecule has 0 atom stereocenters. The molecule has 12 heavy (non-hydrogen) atoms. The van der Waals surface area contributed by atoms with E-state index in [1.165, 1.54) is 5.56 Å². The van der Waals surface area contributed by atoms with Crippen molar-refractivity contribution in [3.63, 3.8) is 0 Å². The first-order chi connectivity index (χ1) is 5.70. The van der Waals surface area contributed by atoms with Crippen LogP contribution in [-0.4, -0.2) is 0 Å². The van der Waals surface area contributed by atoms with E-state index in [0.29, 0.717) is 5.92 Å². The average molecular weight is 161 g/mol. The Labute approximate surface area is 75.6 Å². The fourth-order valence-corrected chi connectivity index (χ4v) is 1.12. The Morgan fingerprint density at radius 2 is 1.75 bits per heavy atom. The maximum Gasteiger partial charge on any atom is -0.0203 e. The van der Waals surface area contributed by atoms with Crippen LogP contribution in [0, 0.1) is 11.8 Å². The molecule has 0 N–H and O–H groups in total. The largest absolute Gasteiger partial charge is 0.0622 e. The van der Waals surface area contributed by atoms with Crippen LogP contribution >= 0.6 is 0 Å². The zero-order valence-corrected chi connectivity index (χ0v) is 8.17. The highest BCUT2D eigenvalue weighted by atomic mass is 14.1. The predicted molar refractivity (Wildman–Crippen MR) is 53.9 cm³/mol. The van der Waals surface area contributed by atoms with Crippen LogP contribution in [0.1, 0.15) is 26.3 Å². The highest BCUT2D eigenvalue weighted by Crippen LogP contribution is 2.17. The number of rotatable bonds is 3. The molecule has 0 saturated carbocycles. The van der Waals surface area contributed by atoms with Crippen LogP contribution in [-0.2, 0) is 6.42 Å². The molecule has 0 amide bonds. The Hall–Kier alpha value is -0.780. The van der Waals surface area contributed by atoms with Crippen LogP contribution in [0.3, 0.4) is 0 Å². The first-order valence-corrected chi connectivity index (χ1v) is 4.56. The summed E-state index contributed by atoms with van der Waals surface area (Å²) in [6, 6.07) is 10.6. The molecule has 0 nitrogen and oxygen atoms in total. The minimum absolute atomic E-state index is 0.699. The third-order valence-electron chi connectivity index (χ3n) is 2.31. The van der Waals surface area contributed by atoms with Gasteiger partial charge >= 0.3 is 0 Å². The second kappa shape index (κ2) is 4.30. The van der Waals surface area contributed by atoms with Crippen molar-refractivity contribution in [1.82, 2.24) is 0 Å². The van der Waals surface area contributed by atoms with Crippen molar-refractivity contribution in [1.29, 1.82) is 0 Å². The Bertz CT molecular complexity index is 211. The van der Waals surface area contributed by atoms with Gasteiger partial charge in [-0.1, -0.05) is 51.1 Å². The Morgan fingerprint density at radius 3 is 2.25 bits per heavy atom. The van der Waals surface area contributed by atoms with E-state index >= 15 is 0 Å². The van der Waals surface area contributed by atoms with Crippen LogP contribution in [0.4, 0.5) is 0 Å².